The standard InChI is InChI=1S/C19H26FN3O/c1-3-23-11-10-21-19(23)18-17(9-6-12-24-18)22-14(2)13-15-7-4-5-8-16(15)20/h4-5,7-8,10-11,14,17-18,22H,3,6,9,12-13H2,1-2H3/t14-,17-,18-/m0/s1. The minimum absolute atomic E-state index is 0.0447. The molecule has 0 spiro atoms. The van der Waals surface area contributed by atoms with Gasteiger partial charge in [-0.3, -0.25) is 0 Å². The number of ether oxygens (including phenoxy) is 1. The summed E-state index contributed by atoms with van der Waals surface area (Å²) in [7, 11) is 0. The van der Waals surface area contributed by atoms with Crippen LogP contribution < -0.4 is 5.32 Å². The van der Waals surface area contributed by atoms with E-state index in [0.717, 1.165) is 37.4 Å². The number of halogens is 1. The van der Waals surface area contributed by atoms with Gasteiger partial charge in [-0.15, -0.1) is 0 Å². The Morgan fingerprint density at radius 3 is 3.04 bits per heavy atom. The summed E-state index contributed by atoms with van der Waals surface area (Å²) in [6.07, 6.45) is 6.52. The van der Waals surface area contributed by atoms with E-state index in [2.05, 4.69) is 28.7 Å². The molecular formula is C19H26FN3O. The van der Waals surface area contributed by atoms with Crippen molar-refractivity contribution in [1.29, 1.82) is 0 Å². The third-order valence-corrected chi connectivity index (χ3v) is 4.65. The lowest BCUT2D eigenvalue weighted by Crippen LogP contribution is -2.45. The number of benzene rings is 1. The van der Waals surface area contributed by atoms with Gasteiger partial charge >= 0.3 is 0 Å². The Labute approximate surface area is 143 Å². The van der Waals surface area contributed by atoms with Gasteiger partial charge in [0.2, 0.25) is 0 Å². The summed E-state index contributed by atoms with van der Waals surface area (Å²) in [5, 5.41) is 3.64. The van der Waals surface area contributed by atoms with E-state index in [0.29, 0.717) is 6.42 Å². The van der Waals surface area contributed by atoms with Crippen LogP contribution in [0.25, 0.3) is 0 Å². The van der Waals surface area contributed by atoms with E-state index >= 15 is 0 Å². The van der Waals surface area contributed by atoms with Gasteiger partial charge in [0, 0.05) is 37.6 Å². The predicted octanol–water partition coefficient (Wildman–Crippen LogP) is 3.48. The molecule has 4 nitrogen and oxygen atoms in total. The fourth-order valence-electron chi connectivity index (χ4n) is 3.47. The monoisotopic (exact) mass is 331 g/mol. The Hall–Kier alpha value is -1.72. The third-order valence-electron chi connectivity index (χ3n) is 4.65. The molecule has 0 bridgehead atoms. The summed E-state index contributed by atoms with van der Waals surface area (Å²) in [5.41, 5.74) is 0.751. The Kier molecular flexibility index (Phi) is 5.63. The highest BCUT2D eigenvalue weighted by molar-refractivity contribution is 5.18. The average Bonchev–Trinajstić information content (AvgIpc) is 3.06. The maximum Gasteiger partial charge on any atom is 0.139 e. The van der Waals surface area contributed by atoms with Crippen molar-refractivity contribution in [2.24, 2.45) is 0 Å². The van der Waals surface area contributed by atoms with Gasteiger partial charge in [-0.25, -0.2) is 9.37 Å². The van der Waals surface area contributed by atoms with Crippen molar-refractivity contribution in [2.45, 2.75) is 57.8 Å². The van der Waals surface area contributed by atoms with Crippen LogP contribution in [0.2, 0.25) is 0 Å². The van der Waals surface area contributed by atoms with Crippen molar-refractivity contribution in [3.8, 4) is 0 Å². The molecule has 0 radical (unpaired) electrons. The quantitative estimate of drug-likeness (QED) is 0.881. The summed E-state index contributed by atoms with van der Waals surface area (Å²) in [6.45, 7) is 5.86. The first-order valence-electron chi connectivity index (χ1n) is 8.81. The number of aromatic nitrogens is 2. The summed E-state index contributed by atoms with van der Waals surface area (Å²) < 4.78 is 22.0. The Bertz CT molecular complexity index is 658. The summed E-state index contributed by atoms with van der Waals surface area (Å²) in [6, 6.07) is 7.36. The Morgan fingerprint density at radius 1 is 1.42 bits per heavy atom. The van der Waals surface area contributed by atoms with Crippen LogP contribution in [-0.4, -0.2) is 28.2 Å². The first-order chi connectivity index (χ1) is 11.7. The van der Waals surface area contributed by atoms with Crippen molar-refractivity contribution in [1.82, 2.24) is 14.9 Å². The van der Waals surface area contributed by atoms with E-state index in [9.17, 15) is 4.39 Å². The van der Waals surface area contributed by atoms with Gasteiger partial charge in [0.25, 0.3) is 0 Å². The fraction of sp³-hybridized carbons (Fsp3) is 0.526. The number of rotatable bonds is 6. The van der Waals surface area contributed by atoms with E-state index < -0.39 is 0 Å². The molecule has 1 aromatic carbocycles. The zero-order chi connectivity index (χ0) is 16.9. The highest BCUT2D eigenvalue weighted by Gasteiger charge is 2.31. The third kappa shape index (κ3) is 3.84. The first-order valence-corrected chi connectivity index (χ1v) is 8.81. The van der Waals surface area contributed by atoms with Gasteiger partial charge in [0.05, 0.1) is 0 Å². The molecule has 1 aliphatic heterocycles. The number of nitrogens with one attached hydrogen (secondary N) is 1. The van der Waals surface area contributed by atoms with Gasteiger partial charge in [0.15, 0.2) is 0 Å². The summed E-state index contributed by atoms with van der Waals surface area (Å²) in [4.78, 5) is 4.50. The van der Waals surface area contributed by atoms with Crippen LogP contribution in [0.1, 0.15) is 44.2 Å². The van der Waals surface area contributed by atoms with Gasteiger partial charge in [0.1, 0.15) is 17.7 Å². The van der Waals surface area contributed by atoms with Crippen LogP contribution in [0, 0.1) is 5.82 Å². The molecule has 1 fully saturated rings. The van der Waals surface area contributed by atoms with Gasteiger partial charge in [-0.2, -0.15) is 0 Å². The number of aryl methyl sites for hydroxylation is 1. The normalized spacial score (nSPS) is 22.5. The molecule has 1 saturated heterocycles. The molecule has 3 rings (SSSR count). The van der Waals surface area contributed by atoms with E-state index in [1.54, 1.807) is 6.07 Å². The molecule has 1 N–H and O–H groups in total. The van der Waals surface area contributed by atoms with Crippen LogP contribution in [0.15, 0.2) is 36.7 Å². The Balaban J connectivity index is 1.68. The number of nitrogens with zero attached hydrogens (tertiary/aromatic N) is 2. The lowest BCUT2D eigenvalue weighted by Gasteiger charge is -2.34. The second-order valence-electron chi connectivity index (χ2n) is 6.47. The maximum absolute atomic E-state index is 13.9. The second-order valence-corrected chi connectivity index (χ2v) is 6.47. The minimum Gasteiger partial charge on any atom is -0.369 e. The molecule has 0 unspecified atom stereocenters. The van der Waals surface area contributed by atoms with Crippen molar-refractivity contribution in [3.63, 3.8) is 0 Å². The van der Waals surface area contributed by atoms with E-state index in [4.69, 9.17) is 4.74 Å². The van der Waals surface area contributed by atoms with E-state index in [1.165, 1.54) is 6.07 Å². The minimum atomic E-state index is -0.135. The maximum atomic E-state index is 13.9. The highest BCUT2D eigenvalue weighted by Crippen LogP contribution is 2.28. The lowest BCUT2D eigenvalue weighted by molar-refractivity contribution is -0.0203. The highest BCUT2D eigenvalue weighted by atomic mass is 19.1. The number of hydrogen-bond donors (Lipinski definition) is 1. The molecule has 3 atom stereocenters. The molecule has 2 heterocycles. The fourth-order valence-corrected chi connectivity index (χ4v) is 3.47. The largest absolute Gasteiger partial charge is 0.369 e. The molecule has 24 heavy (non-hydrogen) atoms. The number of imidazole rings is 1. The smallest absolute Gasteiger partial charge is 0.139 e. The lowest BCUT2D eigenvalue weighted by atomic mass is 9.99. The van der Waals surface area contributed by atoms with Crippen LogP contribution >= 0.6 is 0 Å². The molecule has 5 heteroatoms. The SMILES string of the molecule is CCn1ccnc1[C@H]1OCCC[C@@H]1N[C@@H](C)Cc1ccccc1F. The zero-order valence-corrected chi connectivity index (χ0v) is 14.4. The molecule has 1 aliphatic rings. The molecule has 0 amide bonds. The molecular weight excluding hydrogens is 305 g/mol. The average molecular weight is 331 g/mol. The second kappa shape index (κ2) is 7.90. The van der Waals surface area contributed by atoms with Gasteiger partial charge < -0.3 is 14.6 Å². The van der Waals surface area contributed by atoms with Crippen molar-refractivity contribution < 1.29 is 9.13 Å². The van der Waals surface area contributed by atoms with E-state index in [1.807, 2.05) is 24.5 Å². The van der Waals surface area contributed by atoms with Crippen molar-refractivity contribution >= 4 is 0 Å². The molecule has 0 saturated carbocycles. The van der Waals surface area contributed by atoms with Crippen LogP contribution in [-0.2, 0) is 17.7 Å². The van der Waals surface area contributed by atoms with Crippen LogP contribution in [0.5, 0.6) is 0 Å². The topological polar surface area (TPSA) is 39.1 Å². The van der Waals surface area contributed by atoms with Crippen LogP contribution in [0.4, 0.5) is 4.39 Å². The Morgan fingerprint density at radius 2 is 2.25 bits per heavy atom. The number of hydrogen-bond acceptors (Lipinski definition) is 3. The molecule has 0 aliphatic carbocycles. The first kappa shape index (κ1) is 17.1. The van der Waals surface area contributed by atoms with Gasteiger partial charge in [-0.1, -0.05) is 18.2 Å². The molecule has 130 valence electrons. The van der Waals surface area contributed by atoms with Gasteiger partial charge in [-0.05, 0) is 44.7 Å². The summed E-state index contributed by atoms with van der Waals surface area (Å²) >= 11 is 0. The van der Waals surface area contributed by atoms with E-state index in [-0.39, 0.29) is 24.0 Å². The van der Waals surface area contributed by atoms with Crippen molar-refractivity contribution in [3.05, 3.63) is 53.9 Å². The zero-order valence-electron chi connectivity index (χ0n) is 14.4. The van der Waals surface area contributed by atoms with Crippen molar-refractivity contribution in [2.75, 3.05) is 6.61 Å². The van der Waals surface area contributed by atoms with Crippen LogP contribution in [0.3, 0.4) is 0 Å². The summed E-state index contributed by atoms with van der Waals surface area (Å²) in [5.74, 6) is 0.844. The molecule has 1 aromatic heterocycles. The molecule has 2 aromatic rings. The predicted molar refractivity (Wildman–Crippen MR) is 92.3 cm³/mol.